The van der Waals surface area contributed by atoms with Crippen LogP contribution >= 0.6 is 23.2 Å². The van der Waals surface area contributed by atoms with Crippen molar-refractivity contribution < 1.29 is 9.84 Å². The molecule has 1 aliphatic rings. The summed E-state index contributed by atoms with van der Waals surface area (Å²) in [4.78, 5) is 0. The van der Waals surface area contributed by atoms with Gasteiger partial charge < -0.3 is 15.2 Å². The smallest absolute Gasteiger partial charge is 0.122 e. The van der Waals surface area contributed by atoms with Crippen molar-refractivity contribution in [2.45, 2.75) is 16.9 Å². The number of aliphatic hydroxyl groups excluding tert-OH is 1. The number of hydrogen-bond donors (Lipinski definition) is 2. The van der Waals surface area contributed by atoms with Gasteiger partial charge in [-0.2, -0.15) is 0 Å². The third kappa shape index (κ3) is 4.87. The fourth-order valence-electron chi connectivity index (χ4n) is 2.54. The lowest BCUT2D eigenvalue weighted by molar-refractivity contribution is 0.106. The number of alkyl halides is 2. The summed E-state index contributed by atoms with van der Waals surface area (Å²) in [6.45, 7) is 1.42. The van der Waals surface area contributed by atoms with Gasteiger partial charge in [0.1, 0.15) is 22.8 Å². The number of ether oxygens (including phenoxy) is 1. The van der Waals surface area contributed by atoms with Crippen LogP contribution in [-0.2, 0) is 0 Å². The van der Waals surface area contributed by atoms with E-state index < -0.39 is 10.4 Å². The quantitative estimate of drug-likeness (QED) is 0.697. The van der Waals surface area contributed by atoms with Gasteiger partial charge in [-0.15, -0.1) is 23.2 Å². The van der Waals surface area contributed by atoms with Crippen LogP contribution < -0.4 is 10.1 Å². The lowest BCUT2D eigenvalue weighted by Crippen LogP contribution is -2.33. The molecule has 0 aromatic heterocycles. The van der Waals surface area contributed by atoms with E-state index in [2.05, 4.69) is 17.4 Å². The van der Waals surface area contributed by atoms with Gasteiger partial charge in [-0.1, -0.05) is 42.5 Å². The first-order valence-corrected chi connectivity index (χ1v) is 8.85. The Morgan fingerprint density at radius 2 is 1.71 bits per heavy atom. The van der Waals surface area contributed by atoms with Gasteiger partial charge in [-0.05, 0) is 29.7 Å². The highest BCUT2D eigenvalue weighted by Crippen LogP contribution is 2.52. The Morgan fingerprint density at radius 1 is 1.08 bits per heavy atom. The van der Waals surface area contributed by atoms with Gasteiger partial charge >= 0.3 is 0 Å². The van der Waals surface area contributed by atoms with Crippen LogP contribution in [0.1, 0.15) is 6.42 Å². The van der Waals surface area contributed by atoms with Gasteiger partial charge in [0.05, 0.1) is 0 Å². The molecule has 5 heteroatoms. The van der Waals surface area contributed by atoms with Crippen LogP contribution in [0.2, 0.25) is 0 Å². The minimum Gasteiger partial charge on any atom is -0.491 e. The fourth-order valence-corrected chi connectivity index (χ4v) is 3.07. The van der Waals surface area contributed by atoms with E-state index in [4.69, 9.17) is 27.9 Å². The molecule has 24 heavy (non-hydrogen) atoms. The highest BCUT2D eigenvalue weighted by molar-refractivity contribution is 6.50. The summed E-state index contributed by atoms with van der Waals surface area (Å²) in [5.74, 6) is 1.02. The molecule has 128 valence electrons. The van der Waals surface area contributed by atoms with Gasteiger partial charge in [-0.25, -0.2) is 0 Å². The van der Waals surface area contributed by atoms with Crippen LogP contribution in [0.5, 0.6) is 5.75 Å². The van der Waals surface area contributed by atoms with E-state index in [0.717, 1.165) is 24.3 Å². The van der Waals surface area contributed by atoms with E-state index in [0.29, 0.717) is 6.54 Å². The van der Waals surface area contributed by atoms with Crippen LogP contribution in [0, 0.1) is 5.92 Å². The van der Waals surface area contributed by atoms with Crippen molar-refractivity contribution in [2.24, 2.45) is 5.92 Å². The molecule has 0 bridgehead atoms. The van der Waals surface area contributed by atoms with Crippen LogP contribution in [0.25, 0.3) is 11.1 Å². The third-order valence-electron chi connectivity index (χ3n) is 4.13. The van der Waals surface area contributed by atoms with E-state index in [1.165, 1.54) is 5.56 Å². The number of nitrogens with one attached hydrogen (secondary N) is 1. The topological polar surface area (TPSA) is 41.5 Å². The molecule has 0 aliphatic heterocycles. The minimum absolute atomic E-state index is 0.245. The number of benzene rings is 2. The maximum absolute atomic E-state index is 9.95. The van der Waals surface area contributed by atoms with Crippen molar-refractivity contribution in [1.82, 2.24) is 5.32 Å². The Morgan fingerprint density at radius 3 is 2.33 bits per heavy atom. The lowest BCUT2D eigenvalue weighted by Gasteiger charge is -2.13. The molecule has 0 heterocycles. The van der Waals surface area contributed by atoms with Gasteiger partial charge in [0.2, 0.25) is 0 Å². The predicted octanol–water partition coefficient (Wildman–Crippen LogP) is 3.88. The summed E-state index contributed by atoms with van der Waals surface area (Å²) in [7, 11) is 0. The molecule has 0 saturated heterocycles. The number of hydrogen-bond acceptors (Lipinski definition) is 3. The second kappa shape index (κ2) is 7.75. The zero-order valence-corrected chi connectivity index (χ0v) is 14.8. The molecule has 0 spiro atoms. The first kappa shape index (κ1) is 17.6. The first-order chi connectivity index (χ1) is 11.5. The molecule has 0 radical (unpaired) electrons. The number of halogens is 2. The Labute approximate surface area is 152 Å². The largest absolute Gasteiger partial charge is 0.491 e. The van der Waals surface area contributed by atoms with Crippen LogP contribution in [0.15, 0.2) is 54.6 Å². The summed E-state index contributed by atoms with van der Waals surface area (Å²) in [6.07, 6.45) is 0.237. The minimum atomic E-state index is -0.574. The van der Waals surface area contributed by atoms with Gasteiger partial charge in [-0.3, -0.25) is 0 Å². The van der Waals surface area contributed by atoms with Crippen molar-refractivity contribution >= 4 is 23.2 Å². The van der Waals surface area contributed by atoms with E-state index in [1.54, 1.807) is 0 Å². The molecule has 2 aromatic rings. The monoisotopic (exact) mass is 365 g/mol. The molecular weight excluding hydrogens is 345 g/mol. The summed E-state index contributed by atoms with van der Waals surface area (Å²) in [6, 6.07) is 18.0. The summed E-state index contributed by atoms with van der Waals surface area (Å²) in [5.41, 5.74) is 2.31. The second-order valence-corrected chi connectivity index (χ2v) is 7.72. The zero-order chi connectivity index (χ0) is 17.0. The van der Waals surface area contributed by atoms with E-state index >= 15 is 0 Å². The average Bonchev–Trinajstić information content (AvgIpc) is 3.21. The maximum Gasteiger partial charge on any atom is 0.122 e. The molecule has 0 amide bonds. The maximum atomic E-state index is 9.95. The fraction of sp³-hybridized carbons (Fsp3) is 0.368. The molecular formula is C19H21Cl2NO2. The standard InChI is InChI=1S/C19H21Cl2NO2/c20-19(21)10-16(19)11-22-12-17(23)13-24-18-8-6-15(7-9-18)14-4-2-1-3-5-14/h1-9,16-17,22-23H,10-13H2/t16-,17-/m0/s1. The molecule has 1 saturated carbocycles. The van der Waals surface area contributed by atoms with Crippen molar-refractivity contribution in [3.63, 3.8) is 0 Å². The highest BCUT2D eigenvalue weighted by atomic mass is 35.5. The Hall–Kier alpha value is -1.26. The van der Waals surface area contributed by atoms with Crippen molar-refractivity contribution in [3.8, 4) is 16.9 Å². The molecule has 2 atom stereocenters. The molecule has 1 aliphatic carbocycles. The predicted molar refractivity (Wildman–Crippen MR) is 98.8 cm³/mol. The van der Waals surface area contributed by atoms with Crippen molar-refractivity contribution in [2.75, 3.05) is 19.7 Å². The SMILES string of the molecule is O[C@@H](CNC[C@@H]1CC1(Cl)Cl)COc1ccc(-c2ccccc2)cc1. The van der Waals surface area contributed by atoms with E-state index in [9.17, 15) is 5.11 Å². The summed E-state index contributed by atoms with van der Waals surface area (Å²) in [5, 5.41) is 13.1. The average molecular weight is 366 g/mol. The second-order valence-electron chi connectivity index (χ2n) is 6.18. The first-order valence-electron chi connectivity index (χ1n) is 8.09. The molecule has 1 fully saturated rings. The van der Waals surface area contributed by atoms with Crippen molar-refractivity contribution in [1.29, 1.82) is 0 Å². The van der Waals surface area contributed by atoms with Gasteiger partial charge in [0, 0.05) is 19.0 Å². The molecule has 3 nitrogen and oxygen atoms in total. The molecule has 0 unspecified atom stereocenters. The Kier molecular flexibility index (Phi) is 5.67. The van der Waals surface area contributed by atoms with E-state index in [1.807, 2.05) is 42.5 Å². The van der Waals surface area contributed by atoms with Crippen LogP contribution in [-0.4, -0.2) is 35.2 Å². The molecule has 2 aromatic carbocycles. The van der Waals surface area contributed by atoms with Crippen LogP contribution in [0.4, 0.5) is 0 Å². The Balaban J connectivity index is 1.40. The molecule has 3 rings (SSSR count). The molecule has 2 N–H and O–H groups in total. The zero-order valence-electron chi connectivity index (χ0n) is 13.3. The highest BCUT2D eigenvalue weighted by Gasteiger charge is 2.50. The summed E-state index contributed by atoms with van der Waals surface area (Å²) >= 11 is 11.9. The lowest BCUT2D eigenvalue weighted by atomic mass is 10.1. The number of rotatable bonds is 8. The Bertz CT molecular complexity index is 646. The van der Waals surface area contributed by atoms with Gasteiger partial charge in [0.15, 0.2) is 0 Å². The normalized spacial score (nSPS) is 19.7. The summed E-state index contributed by atoms with van der Waals surface area (Å²) < 4.78 is 5.06. The third-order valence-corrected chi connectivity index (χ3v) is 5.06. The van der Waals surface area contributed by atoms with Gasteiger partial charge in [0.25, 0.3) is 0 Å². The van der Waals surface area contributed by atoms with Crippen molar-refractivity contribution in [3.05, 3.63) is 54.6 Å². The van der Waals surface area contributed by atoms with Crippen LogP contribution in [0.3, 0.4) is 0 Å². The van der Waals surface area contributed by atoms with E-state index in [-0.39, 0.29) is 12.5 Å². The number of aliphatic hydroxyl groups is 1.